The van der Waals surface area contributed by atoms with E-state index < -0.39 is 54.7 Å². The highest BCUT2D eigenvalue weighted by Gasteiger charge is 2.58. The fraction of sp³-hybridized carbons (Fsp3) is 0.824. The first-order valence-electron chi connectivity index (χ1n) is 18.2. The van der Waals surface area contributed by atoms with Gasteiger partial charge in [0.25, 0.3) is 0 Å². The molecule has 4 bridgehead atoms. The van der Waals surface area contributed by atoms with Crippen molar-refractivity contribution in [2.75, 3.05) is 92.5 Å². The van der Waals surface area contributed by atoms with E-state index in [-0.39, 0.29) is 48.9 Å². The van der Waals surface area contributed by atoms with Crippen LogP contribution in [0.1, 0.15) is 39.5 Å². The second-order valence-electron chi connectivity index (χ2n) is 13.6. The van der Waals surface area contributed by atoms with Crippen molar-refractivity contribution in [3.63, 3.8) is 0 Å². The molecule has 53 heavy (non-hydrogen) atoms. The number of amides is 2. The summed E-state index contributed by atoms with van der Waals surface area (Å²) in [5, 5.41) is 9.34. The van der Waals surface area contributed by atoms with Crippen LogP contribution in [-0.4, -0.2) is 178 Å². The molecule has 0 aromatic rings. The molecule has 0 saturated carbocycles. The molecule has 19 heteroatoms. The first-order valence-corrected chi connectivity index (χ1v) is 18.7. The SMILES string of the molecule is CCOC(=O)OCCl.CCOC(=O)OCOC(=O)C1C2CCC(O2)C1C(=O)N1CCN(C)CC1.CN1CCN(C(=O)C2C3CCC(O3)C2C(=O)O)CC1. The third-order valence-electron chi connectivity index (χ3n) is 10.4. The molecule has 2 amide bonds. The minimum Gasteiger partial charge on any atom is -0.481 e. The summed E-state index contributed by atoms with van der Waals surface area (Å²) in [4.78, 5) is 78.7. The van der Waals surface area contributed by atoms with Crippen molar-refractivity contribution in [3.05, 3.63) is 0 Å². The van der Waals surface area contributed by atoms with Crippen LogP contribution in [-0.2, 0) is 52.3 Å². The summed E-state index contributed by atoms with van der Waals surface area (Å²) in [6.07, 6.45) is 0.492. The first kappa shape index (κ1) is 42.3. The van der Waals surface area contributed by atoms with Crippen molar-refractivity contribution >= 4 is 47.7 Å². The lowest BCUT2D eigenvalue weighted by atomic mass is 9.78. The normalized spacial score (nSPS) is 30.3. The zero-order valence-electron chi connectivity index (χ0n) is 30.9. The van der Waals surface area contributed by atoms with Crippen molar-refractivity contribution in [2.24, 2.45) is 23.7 Å². The van der Waals surface area contributed by atoms with Crippen LogP contribution >= 0.6 is 11.6 Å². The maximum Gasteiger partial charge on any atom is 0.511 e. The zero-order chi connectivity index (χ0) is 38.7. The van der Waals surface area contributed by atoms with Gasteiger partial charge in [-0.25, -0.2) is 9.59 Å². The van der Waals surface area contributed by atoms with Crippen LogP contribution in [0.2, 0.25) is 0 Å². The van der Waals surface area contributed by atoms with Crippen LogP contribution in [0, 0.1) is 23.7 Å². The summed E-state index contributed by atoms with van der Waals surface area (Å²) in [7, 11) is 4.05. The molecular formula is C34H53ClN4O14. The van der Waals surface area contributed by atoms with Crippen molar-refractivity contribution < 1.29 is 67.0 Å². The molecule has 0 aromatic heterocycles. The van der Waals surface area contributed by atoms with Crippen LogP contribution in [0.25, 0.3) is 0 Å². The van der Waals surface area contributed by atoms with E-state index in [9.17, 15) is 33.9 Å². The molecule has 6 aliphatic rings. The van der Waals surface area contributed by atoms with Crippen molar-refractivity contribution in [2.45, 2.75) is 63.9 Å². The van der Waals surface area contributed by atoms with Gasteiger partial charge in [0.1, 0.15) is 0 Å². The highest BCUT2D eigenvalue weighted by Crippen LogP contribution is 2.46. The number of rotatable bonds is 9. The molecule has 6 aliphatic heterocycles. The van der Waals surface area contributed by atoms with Crippen LogP contribution in [0.5, 0.6) is 0 Å². The number of carbonyl (C=O) groups is 6. The summed E-state index contributed by atoms with van der Waals surface area (Å²) in [6, 6.07) is -0.154. The van der Waals surface area contributed by atoms with Gasteiger partial charge in [-0.3, -0.25) is 19.2 Å². The Morgan fingerprint density at radius 2 is 0.981 bits per heavy atom. The number of halogens is 1. The number of aliphatic carboxylic acids is 1. The molecular weight excluding hydrogens is 724 g/mol. The highest BCUT2D eigenvalue weighted by atomic mass is 35.5. The molecule has 0 aliphatic carbocycles. The average Bonchev–Trinajstić information content (AvgIpc) is 3.95. The molecule has 0 aromatic carbocycles. The minimum atomic E-state index is -0.894. The van der Waals surface area contributed by atoms with Crippen molar-refractivity contribution in [1.82, 2.24) is 19.6 Å². The van der Waals surface area contributed by atoms with Gasteiger partial charge >= 0.3 is 24.2 Å². The van der Waals surface area contributed by atoms with Gasteiger partial charge in [0, 0.05) is 52.4 Å². The van der Waals surface area contributed by atoms with Crippen LogP contribution < -0.4 is 0 Å². The van der Waals surface area contributed by atoms with Gasteiger partial charge in [-0.05, 0) is 53.6 Å². The number of ether oxygens (including phenoxy) is 7. The summed E-state index contributed by atoms with van der Waals surface area (Å²) in [6.45, 7) is 9.32. The lowest BCUT2D eigenvalue weighted by Gasteiger charge is -2.36. The fourth-order valence-corrected chi connectivity index (χ4v) is 7.76. The van der Waals surface area contributed by atoms with E-state index in [1.807, 2.05) is 23.9 Å². The standard InChI is InChI=1S/C17H26N2O7.C13H20N2O4.C4H7ClO3/c1-3-23-17(22)25-10-24-16(21)14-12-5-4-11(26-12)13(14)15(20)19-8-6-18(2)7-9-19;1-14-4-6-15(7-5-14)12(16)10-8-2-3-9(19-8)11(10)13(17)18;1-2-7-4(6)8-3-5/h11-14H,3-10H2,1-2H3;8-11H,2-7H2,1H3,(H,17,18);2-3H2,1H3. The van der Waals surface area contributed by atoms with E-state index in [0.717, 1.165) is 51.9 Å². The first-order chi connectivity index (χ1) is 25.4. The van der Waals surface area contributed by atoms with E-state index >= 15 is 0 Å². The molecule has 6 heterocycles. The fourth-order valence-electron chi connectivity index (χ4n) is 7.67. The maximum atomic E-state index is 13.0. The predicted octanol–water partition coefficient (Wildman–Crippen LogP) is 1.22. The van der Waals surface area contributed by atoms with Crippen molar-refractivity contribution in [3.8, 4) is 0 Å². The molecule has 1 N–H and O–H groups in total. The molecule has 6 saturated heterocycles. The van der Waals surface area contributed by atoms with E-state index in [2.05, 4.69) is 28.7 Å². The Morgan fingerprint density at radius 3 is 1.40 bits per heavy atom. The van der Waals surface area contributed by atoms with Gasteiger partial charge in [-0.15, -0.1) is 0 Å². The van der Waals surface area contributed by atoms with Crippen molar-refractivity contribution in [1.29, 1.82) is 0 Å². The molecule has 0 radical (unpaired) electrons. The molecule has 6 rings (SSSR count). The summed E-state index contributed by atoms with van der Waals surface area (Å²) >= 11 is 5.01. The number of carbonyl (C=O) groups excluding carboxylic acids is 5. The van der Waals surface area contributed by atoms with Gasteiger partial charge in [0.05, 0.1) is 61.3 Å². The number of fused-ring (bicyclic) bond motifs is 4. The number of esters is 1. The number of hydrogen-bond donors (Lipinski definition) is 1. The number of alkyl halides is 1. The second kappa shape index (κ2) is 20.3. The predicted molar refractivity (Wildman–Crippen MR) is 183 cm³/mol. The highest BCUT2D eigenvalue weighted by molar-refractivity contribution is 6.17. The van der Waals surface area contributed by atoms with Gasteiger partial charge < -0.3 is 57.9 Å². The minimum absolute atomic E-state index is 0.0206. The smallest absolute Gasteiger partial charge is 0.481 e. The largest absolute Gasteiger partial charge is 0.511 e. The van der Waals surface area contributed by atoms with Gasteiger partial charge in [0.15, 0.2) is 6.07 Å². The molecule has 18 nitrogen and oxygen atoms in total. The Morgan fingerprint density at radius 1 is 0.585 bits per heavy atom. The van der Waals surface area contributed by atoms with Crippen LogP contribution in [0.3, 0.4) is 0 Å². The van der Waals surface area contributed by atoms with Crippen LogP contribution in [0.15, 0.2) is 0 Å². The summed E-state index contributed by atoms with van der Waals surface area (Å²) in [5.74, 6) is -3.80. The lowest BCUT2D eigenvalue weighted by Crippen LogP contribution is -2.52. The Kier molecular flexibility index (Phi) is 16.2. The Hall–Kier alpha value is -3.45. The molecule has 8 unspecified atom stereocenters. The monoisotopic (exact) mass is 776 g/mol. The molecule has 300 valence electrons. The number of carboxylic acid groups (broad SMARTS) is 1. The third-order valence-corrected chi connectivity index (χ3v) is 10.5. The van der Waals surface area contributed by atoms with Crippen LogP contribution in [0.4, 0.5) is 9.59 Å². The molecule has 8 atom stereocenters. The third kappa shape index (κ3) is 11.1. The number of nitrogens with zero attached hydrogens (tertiary/aromatic N) is 4. The quantitative estimate of drug-likeness (QED) is 0.152. The Labute approximate surface area is 314 Å². The topological polar surface area (TPSA) is 200 Å². The van der Waals surface area contributed by atoms with Gasteiger partial charge in [0.2, 0.25) is 18.6 Å². The number of hydrogen-bond acceptors (Lipinski definition) is 15. The Balaban J connectivity index is 0.000000203. The van der Waals surface area contributed by atoms with Gasteiger partial charge in [-0.1, -0.05) is 11.6 Å². The average molecular weight is 777 g/mol. The second-order valence-corrected chi connectivity index (χ2v) is 13.8. The number of piperazine rings is 2. The van der Waals surface area contributed by atoms with Gasteiger partial charge in [-0.2, -0.15) is 0 Å². The van der Waals surface area contributed by atoms with E-state index in [1.54, 1.807) is 13.8 Å². The lowest BCUT2D eigenvalue weighted by molar-refractivity contribution is -0.164. The summed E-state index contributed by atoms with van der Waals surface area (Å²) < 4.78 is 34.3. The maximum absolute atomic E-state index is 13.0. The van der Waals surface area contributed by atoms with E-state index in [1.165, 1.54) is 0 Å². The summed E-state index contributed by atoms with van der Waals surface area (Å²) in [5.41, 5.74) is 0. The molecule has 0 spiro atoms. The molecule has 6 fully saturated rings. The number of likely N-dealkylation sites (N-methyl/N-ethyl adjacent to an activating group) is 2. The Bertz CT molecular complexity index is 1270. The van der Waals surface area contributed by atoms with E-state index in [4.69, 9.17) is 25.8 Å². The number of carboxylic acids is 1. The van der Waals surface area contributed by atoms with E-state index in [0.29, 0.717) is 32.8 Å². The zero-order valence-corrected chi connectivity index (χ0v) is 31.6.